The van der Waals surface area contributed by atoms with E-state index in [0.717, 1.165) is 12.8 Å². The number of sulfonamides is 1. The summed E-state index contributed by atoms with van der Waals surface area (Å²) < 4.78 is 26.5. The van der Waals surface area contributed by atoms with E-state index >= 15 is 0 Å². The van der Waals surface area contributed by atoms with Crippen molar-refractivity contribution in [2.75, 3.05) is 33.7 Å². The van der Waals surface area contributed by atoms with Gasteiger partial charge in [-0.2, -0.15) is 4.31 Å². The molecule has 1 unspecified atom stereocenters. The summed E-state index contributed by atoms with van der Waals surface area (Å²) in [5.74, 6) is 0.237. The summed E-state index contributed by atoms with van der Waals surface area (Å²) in [6, 6.07) is 6.46. The molecule has 1 fully saturated rings. The van der Waals surface area contributed by atoms with Crippen molar-refractivity contribution < 1.29 is 13.2 Å². The fraction of sp³-hybridized carbons (Fsp3) is 0.611. The topological polar surface area (TPSA) is 69.7 Å². The van der Waals surface area contributed by atoms with Gasteiger partial charge >= 0.3 is 0 Å². The summed E-state index contributed by atoms with van der Waals surface area (Å²) in [5.41, 5.74) is 0.474. The lowest BCUT2D eigenvalue weighted by Crippen LogP contribution is -2.43. The number of nitrogens with zero attached hydrogens (tertiary/aromatic N) is 2. The molecule has 2 rings (SSSR count). The van der Waals surface area contributed by atoms with Crippen molar-refractivity contribution in [3.63, 3.8) is 0 Å². The van der Waals surface area contributed by atoms with Gasteiger partial charge in [-0.1, -0.05) is 13.8 Å². The molecule has 0 aliphatic carbocycles. The van der Waals surface area contributed by atoms with Gasteiger partial charge in [-0.15, -0.1) is 0 Å². The van der Waals surface area contributed by atoms with Crippen LogP contribution in [0, 0.1) is 5.92 Å². The van der Waals surface area contributed by atoms with E-state index in [1.165, 1.54) is 16.4 Å². The maximum atomic E-state index is 12.5. The maximum absolute atomic E-state index is 12.5. The minimum atomic E-state index is -3.43. The van der Waals surface area contributed by atoms with Gasteiger partial charge in [0.1, 0.15) is 0 Å². The normalized spacial score (nSPS) is 17.2. The Kier molecular flexibility index (Phi) is 6.59. The second-order valence-electron chi connectivity index (χ2n) is 7.12. The lowest BCUT2D eigenvalue weighted by Gasteiger charge is -2.28. The van der Waals surface area contributed by atoms with Crippen molar-refractivity contribution in [1.82, 2.24) is 14.5 Å². The first kappa shape index (κ1) is 19.9. The van der Waals surface area contributed by atoms with E-state index < -0.39 is 10.0 Å². The van der Waals surface area contributed by atoms with E-state index in [1.54, 1.807) is 12.1 Å². The average Bonchev–Trinajstić information content (AvgIpc) is 3.09. The van der Waals surface area contributed by atoms with E-state index in [1.807, 2.05) is 14.1 Å². The van der Waals surface area contributed by atoms with E-state index in [0.29, 0.717) is 31.1 Å². The van der Waals surface area contributed by atoms with E-state index in [9.17, 15) is 13.2 Å². The first-order valence-electron chi connectivity index (χ1n) is 8.78. The molecule has 6 nitrogen and oxygen atoms in total. The number of rotatable bonds is 7. The molecule has 1 amide bonds. The third-order valence-electron chi connectivity index (χ3n) is 4.72. The Morgan fingerprint density at radius 1 is 1.16 bits per heavy atom. The van der Waals surface area contributed by atoms with Crippen LogP contribution in [-0.4, -0.2) is 63.3 Å². The Labute approximate surface area is 151 Å². The molecule has 0 aromatic heterocycles. The van der Waals surface area contributed by atoms with Gasteiger partial charge in [0.15, 0.2) is 0 Å². The highest BCUT2D eigenvalue weighted by Crippen LogP contribution is 2.21. The Morgan fingerprint density at radius 3 is 2.20 bits per heavy atom. The maximum Gasteiger partial charge on any atom is 0.251 e. The number of hydrogen-bond donors (Lipinski definition) is 1. The average molecular weight is 368 g/mol. The number of hydrogen-bond acceptors (Lipinski definition) is 4. The van der Waals surface area contributed by atoms with Crippen molar-refractivity contribution in [2.45, 2.75) is 37.6 Å². The molecular weight excluding hydrogens is 338 g/mol. The quantitative estimate of drug-likeness (QED) is 0.798. The molecule has 1 aromatic rings. The molecule has 1 saturated heterocycles. The third-order valence-corrected chi connectivity index (χ3v) is 6.64. The van der Waals surface area contributed by atoms with Crippen LogP contribution in [0.1, 0.15) is 37.0 Å². The van der Waals surface area contributed by atoms with Gasteiger partial charge in [-0.3, -0.25) is 4.79 Å². The summed E-state index contributed by atoms with van der Waals surface area (Å²) >= 11 is 0. The largest absolute Gasteiger partial charge is 0.350 e. The minimum Gasteiger partial charge on any atom is -0.350 e. The van der Waals surface area contributed by atoms with Crippen LogP contribution in [0.25, 0.3) is 0 Å². The SMILES string of the molecule is CC(C)C(CNC(=O)c1ccc(S(=O)(=O)N2CCCC2)cc1)N(C)C. The predicted octanol–water partition coefficient (Wildman–Crippen LogP) is 1.79. The van der Waals surface area contributed by atoms with Crippen molar-refractivity contribution in [3.8, 4) is 0 Å². The van der Waals surface area contributed by atoms with E-state index in [-0.39, 0.29) is 16.8 Å². The number of carbonyl (C=O) groups is 1. The summed E-state index contributed by atoms with van der Waals surface area (Å²) in [5, 5.41) is 2.93. The van der Waals surface area contributed by atoms with Crippen molar-refractivity contribution in [3.05, 3.63) is 29.8 Å². The van der Waals surface area contributed by atoms with Crippen LogP contribution < -0.4 is 5.32 Å². The molecule has 1 heterocycles. The summed E-state index contributed by atoms with van der Waals surface area (Å²) in [6.45, 7) is 5.94. The number of nitrogens with one attached hydrogen (secondary N) is 1. The van der Waals surface area contributed by atoms with Crippen molar-refractivity contribution in [2.24, 2.45) is 5.92 Å². The molecule has 0 bridgehead atoms. The van der Waals surface area contributed by atoms with Gasteiger partial charge in [-0.05, 0) is 57.1 Å². The highest BCUT2D eigenvalue weighted by atomic mass is 32.2. The van der Waals surface area contributed by atoms with Crippen molar-refractivity contribution >= 4 is 15.9 Å². The zero-order valence-electron chi connectivity index (χ0n) is 15.5. The van der Waals surface area contributed by atoms with Gasteiger partial charge in [0, 0.05) is 31.2 Å². The third kappa shape index (κ3) is 4.80. The molecular formula is C18H29N3O3S. The van der Waals surface area contributed by atoms with Gasteiger partial charge in [0.25, 0.3) is 5.91 Å². The highest BCUT2D eigenvalue weighted by Gasteiger charge is 2.27. The molecule has 7 heteroatoms. The number of amides is 1. The minimum absolute atomic E-state index is 0.183. The van der Waals surface area contributed by atoms with Crippen LogP contribution in [0.5, 0.6) is 0 Å². The fourth-order valence-electron chi connectivity index (χ4n) is 3.17. The molecule has 1 atom stereocenters. The molecule has 1 aliphatic heterocycles. The van der Waals surface area contributed by atoms with E-state index in [2.05, 4.69) is 24.1 Å². The number of likely N-dealkylation sites (N-methyl/N-ethyl adjacent to an activating group) is 1. The molecule has 1 N–H and O–H groups in total. The van der Waals surface area contributed by atoms with Crippen molar-refractivity contribution in [1.29, 1.82) is 0 Å². The standard InChI is InChI=1S/C18H29N3O3S/c1-14(2)17(20(3)4)13-19-18(22)15-7-9-16(10-8-15)25(23,24)21-11-5-6-12-21/h7-10,14,17H,5-6,11-13H2,1-4H3,(H,19,22). The van der Waals surface area contributed by atoms with Gasteiger partial charge in [0.05, 0.1) is 4.90 Å². The van der Waals surface area contributed by atoms with Crippen LogP contribution in [0.3, 0.4) is 0 Å². The molecule has 140 valence electrons. The summed E-state index contributed by atoms with van der Waals surface area (Å²) in [6.07, 6.45) is 1.81. The Balaban J connectivity index is 2.03. The number of benzene rings is 1. The van der Waals surface area contributed by atoms with E-state index in [4.69, 9.17) is 0 Å². The molecule has 0 spiro atoms. The lowest BCUT2D eigenvalue weighted by atomic mass is 10.0. The Bertz CT molecular complexity index is 670. The zero-order valence-corrected chi connectivity index (χ0v) is 16.3. The highest BCUT2D eigenvalue weighted by molar-refractivity contribution is 7.89. The zero-order chi connectivity index (χ0) is 18.6. The molecule has 0 saturated carbocycles. The van der Waals surface area contributed by atoms with Crippen LogP contribution in [0.2, 0.25) is 0 Å². The van der Waals surface area contributed by atoms with Crippen LogP contribution >= 0.6 is 0 Å². The Morgan fingerprint density at radius 2 is 1.72 bits per heavy atom. The fourth-order valence-corrected chi connectivity index (χ4v) is 4.69. The monoisotopic (exact) mass is 367 g/mol. The smallest absolute Gasteiger partial charge is 0.251 e. The second-order valence-corrected chi connectivity index (χ2v) is 9.06. The predicted molar refractivity (Wildman–Crippen MR) is 99.1 cm³/mol. The van der Waals surface area contributed by atoms with Gasteiger partial charge < -0.3 is 10.2 Å². The second kappa shape index (κ2) is 8.29. The van der Waals surface area contributed by atoms with Gasteiger partial charge in [-0.25, -0.2) is 8.42 Å². The molecule has 25 heavy (non-hydrogen) atoms. The first-order valence-corrected chi connectivity index (χ1v) is 10.2. The van der Waals surface area contributed by atoms with Crippen LogP contribution in [-0.2, 0) is 10.0 Å². The molecule has 0 radical (unpaired) electrons. The van der Waals surface area contributed by atoms with Crippen LogP contribution in [0.4, 0.5) is 0 Å². The summed E-state index contributed by atoms with van der Waals surface area (Å²) in [7, 11) is 0.555. The Hall–Kier alpha value is -1.44. The first-order chi connectivity index (χ1) is 11.7. The lowest BCUT2D eigenvalue weighted by molar-refractivity contribution is 0.0934. The molecule has 1 aromatic carbocycles. The number of carbonyl (C=O) groups excluding carboxylic acids is 1. The van der Waals surface area contributed by atoms with Gasteiger partial charge in [0.2, 0.25) is 10.0 Å². The summed E-state index contributed by atoms with van der Waals surface area (Å²) in [4.78, 5) is 14.7. The van der Waals surface area contributed by atoms with Crippen LogP contribution in [0.15, 0.2) is 29.2 Å². The molecule has 1 aliphatic rings.